The number of guanidine groups is 1. The monoisotopic (exact) mass is 240 g/mol. The number of aliphatic imine (C=N–C) groups is 1. The van der Waals surface area contributed by atoms with Gasteiger partial charge in [-0.05, 0) is 24.6 Å². The van der Waals surface area contributed by atoms with Gasteiger partial charge in [0.05, 0.1) is 10.7 Å². The van der Waals surface area contributed by atoms with Crippen LogP contribution in [0.25, 0.3) is 0 Å². The Bertz CT molecular complexity index is 444. The highest BCUT2D eigenvalue weighted by Gasteiger charge is 2.09. The zero-order chi connectivity index (χ0) is 12.3. The van der Waals surface area contributed by atoms with E-state index in [2.05, 4.69) is 4.99 Å². The molecule has 0 unspecified atom stereocenters. The summed E-state index contributed by atoms with van der Waals surface area (Å²) in [6.45, 7) is 1.93. The van der Waals surface area contributed by atoms with Crippen molar-refractivity contribution in [2.45, 2.75) is 6.92 Å². The molecule has 0 aliphatic heterocycles. The highest BCUT2D eigenvalue weighted by Crippen LogP contribution is 2.25. The van der Waals surface area contributed by atoms with Crippen molar-refractivity contribution < 1.29 is 4.79 Å². The predicted molar refractivity (Wildman–Crippen MR) is 65.8 cm³/mol. The van der Waals surface area contributed by atoms with Crippen molar-refractivity contribution in [3.63, 3.8) is 0 Å². The Morgan fingerprint density at radius 3 is 2.56 bits per heavy atom. The van der Waals surface area contributed by atoms with Crippen molar-refractivity contribution in [2.24, 2.45) is 16.5 Å². The van der Waals surface area contributed by atoms with Gasteiger partial charge in [-0.1, -0.05) is 17.7 Å². The van der Waals surface area contributed by atoms with Crippen LogP contribution in [0.1, 0.15) is 5.56 Å². The molecule has 4 N–H and O–H groups in total. The molecule has 0 heterocycles. The first-order valence-electron chi connectivity index (χ1n) is 4.55. The number of anilines is 1. The molecule has 1 aromatic rings. The summed E-state index contributed by atoms with van der Waals surface area (Å²) in [7, 11) is 1.65. The van der Waals surface area contributed by atoms with Gasteiger partial charge in [0.15, 0.2) is 0 Å². The zero-order valence-electron chi connectivity index (χ0n) is 9.07. The minimum Gasteiger partial charge on any atom is -0.369 e. The Balaban J connectivity index is 3.05. The van der Waals surface area contributed by atoms with E-state index in [1.165, 1.54) is 4.90 Å². The molecule has 1 rings (SSSR count). The topological polar surface area (TPSA) is 84.7 Å². The number of hydrogen-bond acceptors (Lipinski definition) is 1. The van der Waals surface area contributed by atoms with Gasteiger partial charge in [-0.25, -0.2) is 4.79 Å². The van der Waals surface area contributed by atoms with E-state index in [1.807, 2.05) is 13.0 Å². The minimum absolute atomic E-state index is 0.00162. The number of carbonyl (C=O) groups excluding carboxylic acids is 1. The number of carbonyl (C=O) groups is 1. The van der Waals surface area contributed by atoms with Crippen LogP contribution < -0.4 is 16.4 Å². The molecule has 0 radical (unpaired) electrons. The summed E-state index contributed by atoms with van der Waals surface area (Å²) in [4.78, 5) is 15.5. The van der Waals surface area contributed by atoms with E-state index in [1.54, 1.807) is 19.2 Å². The molecule has 0 saturated heterocycles. The maximum absolute atomic E-state index is 10.6. The summed E-state index contributed by atoms with van der Waals surface area (Å²) in [5, 5.41) is 0.533. The van der Waals surface area contributed by atoms with Crippen molar-refractivity contribution in [3.05, 3.63) is 28.8 Å². The third kappa shape index (κ3) is 2.87. The van der Waals surface area contributed by atoms with Crippen LogP contribution in [0.2, 0.25) is 5.02 Å². The Morgan fingerprint density at radius 2 is 2.06 bits per heavy atom. The molecule has 5 nitrogen and oxygen atoms in total. The number of primary amides is 1. The van der Waals surface area contributed by atoms with E-state index >= 15 is 0 Å². The van der Waals surface area contributed by atoms with Gasteiger partial charge in [-0.15, -0.1) is 0 Å². The quantitative estimate of drug-likeness (QED) is 0.576. The lowest BCUT2D eigenvalue weighted by atomic mass is 10.2. The highest BCUT2D eigenvalue weighted by molar-refractivity contribution is 6.34. The summed E-state index contributed by atoms with van der Waals surface area (Å²) < 4.78 is 0. The number of hydrogen-bond donors (Lipinski definition) is 2. The van der Waals surface area contributed by atoms with Crippen molar-refractivity contribution >= 4 is 29.3 Å². The fraction of sp³-hybridized carbons (Fsp3) is 0.200. The molecule has 1 aromatic carbocycles. The first-order valence-corrected chi connectivity index (χ1v) is 4.93. The lowest BCUT2D eigenvalue weighted by Gasteiger charge is -2.19. The van der Waals surface area contributed by atoms with Crippen molar-refractivity contribution in [1.82, 2.24) is 0 Å². The van der Waals surface area contributed by atoms with Gasteiger partial charge in [0, 0.05) is 7.05 Å². The second-order valence-electron chi connectivity index (χ2n) is 3.32. The van der Waals surface area contributed by atoms with Gasteiger partial charge in [-0.2, -0.15) is 4.99 Å². The number of halogens is 1. The van der Waals surface area contributed by atoms with Gasteiger partial charge in [0.25, 0.3) is 0 Å². The standard InChI is InChI=1S/C10H13ClN4O/c1-6-3-4-8(7(11)5-6)15(2)9(12)14-10(13)16/h3-5H,1-2H3,(H4,12,13,14,16). The number of aryl methyl sites for hydroxylation is 1. The van der Waals surface area contributed by atoms with Crippen LogP contribution in [0, 0.1) is 6.92 Å². The summed E-state index contributed by atoms with van der Waals surface area (Å²) in [5.41, 5.74) is 12.2. The first-order chi connectivity index (χ1) is 7.41. The van der Waals surface area contributed by atoms with E-state index < -0.39 is 6.03 Å². The average Bonchev–Trinajstić information content (AvgIpc) is 2.15. The lowest BCUT2D eigenvalue weighted by Crippen LogP contribution is -2.35. The van der Waals surface area contributed by atoms with Gasteiger partial charge in [0.1, 0.15) is 0 Å². The highest BCUT2D eigenvalue weighted by atomic mass is 35.5. The number of rotatable bonds is 1. The van der Waals surface area contributed by atoms with Crippen molar-refractivity contribution in [3.8, 4) is 0 Å². The maximum atomic E-state index is 10.6. The Morgan fingerprint density at radius 1 is 1.44 bits per heavy atom. The third-order valence-electron chi connectivity index (χ3n) is 2.03. The number of urea groups is 1. The van der Waals surface area contributed by atoms with Gasteiger partial charge < -0.3 is 16.4 Å². The van der Waals surface area contributed by atoms with Crippen LogP contribution in [0.15, 0.2) is 23.2 Å². The molecule has 16 heavy (non-hydrogen) atoms. The van der Waals surface area contributed by atoms with E-state index in [0.29, 0.717) is 10.7 Å². The normalized spacial score (nSPS) is 11.3. The number of nitrogens with two attached hydrogens (primary N) is 2. The molecule has 0 spiro atoms. The Hall–Kier alpha value is -1.75. The molecule has 0 saturated carbocycles. The smallest absolute Gasteiger partial charge is 0.341 e. The largest absolute Gasteiger partial charge is 0.369 e. The Labute approximate surface area is 98.7 Å². The molecule has 0 aliphatic rings. The van der Waals surface area contributed by atoms with Crippen LogP contribution in [0.5, 0.6) is 0 Å². The van der Waals surface area contributed by atoms with Crippen molar-refractivity contribution in [1.29, 1.82) is 0 Å². The lowest BCUT2D eigenvalue weighted by molar-refractivity contribution is 0.256. The molecule has 0 aliphatic carbocycles. The fourth-order valence-corrected chi connectivity index (χ4v) is 1.56. The fourth-order valence-electron chi connectivity index (χ4n) is 1.20. The number of nitrogens with zero attached hydrogens (tertiary/aromatic N) is 2. The second kappa shape index (κ2) is 4.85. The summed E-state index contributed by atoms with van der Waals surface area (Å²) in [6.07, 6.45) is 0. The Kier molecular flexibility index (Phi) is 3.73. The van der Waals surface area contributed by atoms with E-state index in [4.69, 9.17) is 23.1 Å². The second-order valence-corrected chi connectivity index (χ2v) is 3.73. The molecular weight excluding hydrogens is 228 g/mol. The van der Waals surface area contributed by atoms with E-state index in [9.17, 15) is 4.79 Å². The van der Waals surface area contributed by atoms with Crippen LogP contribution in [-0.4, -0.2) is 19.0 Å². The molecule has 6 heteroatoms. The zero-order valence-corrected chi connectivity index (χ0v) is 9.82. The summed E-state index contributed by atoms with van der Waals surface area (Å²) >= 11 is 6.04. The minimum atomic E-state index is -0.840. The molecule has 0 bridgehead atoms. The first kappa shape index (κ1) is 12.3. The van der Waals surface area contributed by atoms with Gasteiger partial charge in [0.2, 0.25) is 5.96 Å². The predicted octanol–water partition coefficient (Wildman–Crippen LogP) is 1.48. The van der Waals surface area contributed by atoms with Crippen LogP contribution in [0.4, 0.5) is 10.5 Å². The summed E-state index contributed by atoms with van der Waals surface area (Å²) in [5.74, 6) is -0.00162. The SMILES string of the molecule is Cc1ccc(N(C)C(N)=NC(N)=O)c(Cl)c1. The van der Waals surface area contributed by atoms with E-state index in [0.717, 1.165) is 5.56 Å². The average molecular weight is 241 g/mol. The molecule has 86 valence electrons. The van der Waals surface area contributed by atoms with Gasteiger partial charge in [-0.3, -0.25) is 0 Å². The van der Waals surface area contributed by atoms with E-state index in [-0.39, 0.29) is 5.96 Å². The molecule has 0 fully saturated rings. The molecule has 0 aromatic heterocycles. The van der Waals surface area contributed by atoms with Crippen LogP contribution >= 0.6 is 11.6 Å². The summed E-state index contributed by atoms with van der Waals surface area (Å²) in [6, 6.07) is 4.63. The number of amides is 2. The maximum Gasteiger partial charge on any atom is 0.341 e. The van der Waals surface area contributed by atoms with Crippen molar-refractivity contribution in [2.75, 3.05) is 11.9 Å². The molecular formula is C10H13ClN4O. The molecule has 0 atom stereocenters. The van der Waals surface area contributed by atoms with Crippen LogP contribution in [0.3, 0.4) is 0 Å². The van der Waals surface area contributed by atoms with Gasteiger partial charge >= 0.3 is 6.03 Å². The third-order valence-corrected chi connectivity index (χ3v) is 2.34. The number of benzene rings is 1. The molecule has 2 amide bonds. The van der Waals surface area contributed by atoms with Crippen LogP contribution in [-0.2, 0) is 0 Å².